The molecule has 0 aliphatic carbocycles. The van der Waals surface area contributed by atoms with Crippen molar-refractivity contribution in [3.8, 4) is 0 Å². The Morgan fingerprint density at radius 3 is 2.62 bits per heavy atom. The number of aromatic nitrogens is 1. The van der Waals surface area contributed by atoms with Gasteiger partial charge >= 0.3 is 0 Å². The number of nitrogens with one attached hydrogen (secondary N) is 1. The van der Waals surface area contributed by atoms with Crippen LogP contribution in [0.5, 0.6) is 0 Å². The van der Waals surface area contributed by atoms with Crippen LogP contribution in [-0.4, -0.2) is 27.8 Å². The first-order valence-electron chi connectivity index (χ1n) is 8.02. The molecule has 0 bridgehead atoms. The van der Waals surface area contributed by atoms with Crippen LogP contribution in [-0.2, 0) is 0 Å². The van der Waals surface area contributed by atoms with Crippen LogP contribution < -0.4 is 5.56 Å². The minimum absolute atomic E-state index is 0.0330. The summed E-state index contributed by atoms with van der Waals surface area (Å²) in [6.45, 7) is 1.77. The number of H-pyrrole nitrogens is 1. The van der Waals surface area contributed by atoms with Crippen LogP contribution in [0.2, 0.25) is 0 Å². The average Bonchev–Trinajstić information content (AvgIpc) is 2.66. The first-order chi connectivity index (χ1) is 12.4. The number of hydrogen-bond donors (Lipinski definition) is 1. The van der Waals surface area contributed by atoms with Crippen LogP contribution >= 0.6 is 0 Å². The molecule has 132 valence electrons. The molecule has 7 heteroatoms. The van der Waals surface area contributed by atoms with Crippen LogP contribution in [0.3, 0.4) is 0 Å². The van der Waals surface area contributed by atoms with Gasteiger partial charge in [-0.2, -0.15) is 0 Å². The third kappa shape index (κ3) is 3.19. The van der Waals surface area contributed by atoms with Gasteiger partial charge in [0, 0.05) is 24.6 Å². The summed E-state index contributed by atoms with van der Waals surface area (Å²) in [6.07, 6.45) is 0. The molecule has 0 aliphatic rings. The highest BCUT2D eigenvalue weighted by Crippen LogP contribution is 2.24. The van der Waals surface area contributed by atoms with Crippen molar-refractivity contribution in [3.05, 3.63) is 86.3 Å². The number of pyridine rings is 1. The topological polar surface area (TPSA) is 96.3 Å². The number of nitrogens with zero attached hydrogens (tertiary/aromatic N) is 2. The number of carbonyl (C=O) groups excluding carboxylic acids is 1. The van der Waals surface area contributed by atoms with Crippen LogP contribution in [0.1, 0.15) is 29.0 Å². The smallest absolute Gasteiger partial charge is 0.270 e. The number of nitro benzene ring substituents is 1. The standard InChI is InChI=1S/C19H17N3O4/c1-12(13-7-5-8-15(10-13)22(25)26)21(2)19(24)17-11-14-6-3-4-9-16(14)18(23)20-17/h3-12H,1-2H3,(H,20,23). The van der Waals surface area contributed by atoms with Gasteiger partial charge < -0.3 is 9.88 Å². The van der Waals surface area contributed by atoms with E-state index in [0.29, 0.717) is 16.3 Å². The lowest BCUT2D eigenvalue weighted by molar-refractivity contribution is -0.384. The minimum atomic E-state index is -0.473. The minimum Gasteiger partial charge on any atom is -0.334 e. The van der Waals surface area contributed by atoms with E-state index in [1.165, 1.54) is 17.0 Å². The van der Waals surface area contributed by atoms with Crippen LogP contribution in [0, 0.1) is 10.1 Å². The molecule has 2 aromatic carbocycles. The lowest BCUT2D eigenvalue weighted by Gasteiger charge is -2.25. The normalized spacial score (nSPS) is 11.9. The largest absolute Gasteiger partial charge is 0.334 e. The lowest BCUT2D eigenvalue weighted by atomic mass is 10.1. The Labute approximate surface area is 149 Å². The third-order valence-electron chi connectivity index (χ3n) is 4.45. The van der Waals surface area contributed by atoms with Gasteiger partial charge in [0.2, 0.25) is 0 Å². The summed E-state index contributed by atoms with van der Waals surface area (Å²) in [5.74, 6) is -0.369. The van der Waals surface area contributed by atoms with Gasteiger partial charge in [0.1, 0.15) is 5.69 Å². The summed E-state index contributed by atoms with van der Waals surface area (Å²) in [6, 6.07) is 14.4. The molecule has 0 saturated carbocycles. The van der Waals surface area contributed by atoms with Gasteiger partial charge in [0.05, 0.1) is 11.0 Å². The fourth-order valence-corrected chi connectivity index (χ4v) is 2.81. The first kappa shape index (κ1) is 17.3. The van der Waals surface area contributed by atoms with Gasteiger partial charge in [0.25, 0.3) is 17.2 Å². The molecule has 7 nitrogen and oxygen atoms in total. The molecular formula is C19H17N3O4. The fourth-order valence-electron chi connectivity index (χ4n) is 2.81. The van der Waals surface area contributed by atoms with Crippen molar-refractivity contribution in [2.75, 3.05) is 7.05 Å². The van der Waals surface area contributed by atoms with Crippen LogP contribution in [0.25, 0.3) is 10.8 Å². The van der Waals surface area contributed by atoms with E-state index in [1.807, 2.05) is 0 Å². The SMILES string of the molecule is CC(c1cccc([N+](=O)[O-])c1)N(C)C(=O)c1cc2ccccc2c(=O)[nH]1. The van der Waals surface area contributed by atoms with E-state index in [2.05, 4.69) is 4.98 Å². The predicted octanol–water partition coefficient (Wildman–Crippen LogP) is 3.27. The van der Waals surface area contributed by atoms with E-state index in [4.69, 9.17) is 0 Å². The molecule has 3 aromatic rings. The fraction of sp³-hybridized carbons (Fsp3) is 0.158. The Morgan fingerprint density at radius 2 is 1.88 bits per heavy atom. The Morgan fingerprint density at radius 1 is 1.15 bits per heavy atom. The molecule has 0 radical (unpaired) electrons. The van der Waals surface area contributed by atoms with Crippen LogP contribution in [0.4, 0.5) is 5.69 Å². The molecule has 26 heavy (non-hydrogen) atoms. The zero-order valence-corrected chi connectivity index (χ0v) is 14.3. The van der Waals surface area contributed by atoms with Gasteiger partial charge in [-0.25, -0.2) is 0 Å². The zero-order chi connectivity index (χ0) is 18.8. The zero-order valence-electron chi connectivity index (χ0n) is 14.3. The molecule has 0 fully saturated rings. The number of non-ortho nitro benzene ring substituents is 1. The Kier molecular flexibility index (Phi) is 4.53. The first-order valence-corrected chi connectivity index (χ1v) is 8.02. The maximum absolute atomic E-state index is 12.8. The van der Waals surface area contributed by atoms with E-state index in [1.54, 1.807) is 56.4 Å². The van der Waals surface area contributed by atoms with Crippen molar-refractivity contribution in [1.82, 2.24) is 9.88 Å². The molecule has 1 unspecified atom stereocenters. The molecule has 0 saturated heterocycles. The van der Waals surface area contributed by atoms with E-state index < -0.39 is 11.0 Å². The predicted molar refractivity (Wildman–Crippen MR) is 98.2 cm³/mol. The second kappa shape index (κ2) is 6.79. The number of benzene rings is 2. The van der Waals surface area contributed by atoms with Gasteiger partial charge in [-0.3, -0.25) is 19.7 Å². The molecule has 0 aliphatic heterocycles. The number of aromatic amines is 1. The molecule has 1 heterocycles. The Balaban J connectivity index is 1.93. The maximum atomic E-state index is 12.8. The van der Waals surface area contributed by atoms with Crippen molar-refractivity contribution in [2.45, 2.75) is 13.0 Å². The molecule has 0 spiro atoms. The molecule has 1 amide bonds. The average molecular weight is 351 g/mol. The van der Waals surface area contributed by atoms with E-state index >= 15 is 0 Å². The number of hydrogen-bond acceptors (Lipinski definition) is 4. The number of amides is 1. The lowest BCUT2D eigenvalue weighted by Crippen LogP contribution is -2.31. The Hall–Kier alpha value is -3.48. The van der Waals surface area contributed by atoms with Crippen molar-refractivity contribution < 1.29 is 9.72 Å². The second-order valence-corrected chi connectivity index (χ2v) is 6.04. The summed E-state index contributed by atoms with van der Waals surface area (Å²) in [5.41, 5.74) is 0.448. The van der Waals surface area contributed by atoms with Crippen molar-refractivity contribution in [2.24, 2.45) is 0 Å². The van der Waals surface area contributed by atoms with Crippen molar-refractivity contribution >= 4 is 22.4 Å². The summed E-state index contributed by atoms with van der Waals surface area (Å²) in [5, 5.41) is 12.1. The quantitative estimate of drug-likeness (QED) is 0.576. The number of fused-ring (bicyclic) bond motifs is 1. The highest BCUT2D eigenvalue weighted by molar-refractivity contribution is 5.96. The van der Waals surface area contributed by atoms with Crippen molar-refractivity contribution in [1.29, 1.82) is 0 Å². The number of rotatable bonds is 4. The van der Waals surface area contributed by atoms with E-state index in [-0.39, 0.29) is 22.8 Å². The Bertz CT molecular complexity index is 1060. The van der Waals surface area contributed by atoms with Crippen molar-refractivity contribution in [3.63, 3.8) is 0 Å². The molecule has 3 rings (SSSR count). The second-order valence-electron chi connectivity index (χ2n) is 6.04. The van der Waals surface area contributed by atoms with Gasteiger partial charge in [-0.15, -0.1) is 0 Å². The van der Waals surface area contributed by atoms with E-state index in [0.717, 1.165) is 0 Å². The van der Waals surface area contributed by atoms with E-state index in [9.17, 15) is 19.7 Å². The van der Waals surface area contributed by atoms with Crippen LogP contribution in [0.15, 0.2) is 59.4 Å². The summed E-state index contributed by atoms with van der Waals surface area (Å²) < 4.78 is 0. The summed E-state index contributed by atoms with van der Waals surface area (Å²) in [7, 11) is 1.60. The monoisotopic (exact) mass is 351 g/mol. The van der Waals surface area contributed by atoms with Gasteiger partial charge in [-0.1, -0.05) is 30.3 Å². The molecule has 1 aromatic heterocycles. The maximum Gasteiger partial charge on any atom is 0.270 e. The highest BCUT2D eigenvalue weighted by atomic mass is 16.6. The summed E-state index contributed by atoms with van der Waals surface area (Å²) >= 11 is 0. The third-order valence-corrected chi connectivity index (χ3v) is 4.45. The van der Waals surface area contributed by atoms with Gasteiger partial charge in [0.15, 0.2) is 0 Å². The number of carbonyl (C=O) groups is 1. The molecule has 1 N–H and O–H groups in total. The summed E-state index contributed by atoms with van der Waals surface area (Å²) in [4.78, 5) is 39.5. The molecule has 1 atom stereocenters. The molecular weight excluding hydrogens is 334 g/mol. The highest BCUT2D eigenvalue weighted by Gasteiger charge is 2.21. The number of nitro groups is 1. The van der Waals surface area contributed by atoms with Gasteiger partial charge in [-0.05, 0) is 30.0 Å².